The van der Waals surface area contributed by atoms with Crippen LogP contribution in [0.25, 0.3) is 0 Å². The molecule has 2 N–H and O–H groups in total. The largest absolute Gasteiger partial charge is 0.394 e. The second kappa shape index (κ2) is 6.83. The van der Waals surface area contributed by atoms with Crippen molar-refractivity contribution in [3.63, 3.8) is 0 Å². The van der Waals surface area contributed by atoms with Crippen LogP contribution in [-0.4, -0.2) is 39.9 Å². The van der Waals surface area contributed by atoms with Gasteiger partial charge in [-0.1, -0.05) is 0 Å². The van der Waals surface area contributed by atoms with Gasteiger partial charge >= 0.3 is 5.69 Å². The number of halogens is 2. The summed E-state index contributed by atoms with van der Waals surface area (Å²) in [4.78, 5) is 24.8. The first-order chi connectivity index (χ1) is 9.02. The van der Waals surface area contributed by atoms with E-state index in [-0.39, 0.29) is 13.0 Å². The van der Waals surface area contributed by atoms with Gasteiger partial charge in [0.2, 0.25) is 0 Å². The summed E-state index contributed by atoms with van der Waals surface area (Å²) in [6.45, 7) is 1.22. The van der Waals surface area contributed by atoms with Gasteiger partial charge < -0.3 is 9.84 Å². The predicted molar refractivity (Wildman–Crippen MR) is 68.3 cm³/mol. The minimum Gasteiger partial charge on any atom is -0.394 e. The smallest absolute Gasteiger partial charge is 0.330 e. The number of ether oxygens (including phenoxy) is 1. The van der Waals surface area contributed by atoms with E-state index in [1.165, 1.54) is 19.5 Å². The lowest BCUT2D eigenvalue weighted by molar-refractivity contribution is -0.0395. The molecule has 0 aromatic carbocycles. The van der Waals surface area contributed by atoms with Crippen LogP contribution in [0.4, 0.5) is 4.39 Å². The Morgan fingerprint density at radius 2 is 2.21 bits per heavy atom. The van der Waals surface area contributed by atoms with Crippen molar-refractivity contribution in [3.8, 4) is 0 Å². The number of aliphatic hydroxyl groups excluding tert-OH is 1. The molecule has 1 aliphatic heterocycles. The van der Waals surface area contributed by atoms with Crippen LogP contribution in [0.1, 0.15) is 18.2 Å². The fourth-order valence-corrected chi connectivity index (χ4v) is 1.84. The molecule has 0 radical (unpaired) electrons. The van der Waals surface area contributed by atoms with Crippen molar-refractivity contribution in [3.05, 3.63) is 32.6 Å². The maximum Gasteiger partial charge on any atom is 0.330 e. The van der Waals surface area contributed by atoms with Gasteiger partial charge in [0.05, 0.1) is 12.7 Å². The highest BCUT2D eigenvalue weighted by Gasteiger charge is 2.36. The SMILES string of the molecule is CCl.Cc1cn(C2OC(CO)CC2F)c(=O)[nH]c1=O. The van der Waals surface area contributed by atoms with Gasteiger partial charge in [0, 0.05) is 24.6 Å². The highest BCUT2D eigenvalue weighted by atomic mass is 35.5. The summed E-state index contributed by atoms with van der Waals surface area (Å²) in [6.07, 6.45) is -0.316. The van der Waals surface area contributed by atoms with E-state index in [1.54, 1.807) is 0 Å². The van der Waals surface area contributed by atoms with Crippen LogP contribution < -0.4 is 11.2 Å². The number of aliphatic hydroxyl groups is 1. The summed E-state index contributed by atoms with van der Waals surface area (Å²) in [6, 6.07) is 0. The number of hydrogen-bond donors (Lipinski definition) is 2. The molecule has 1 aliphatic rings. The van der Waals surface area contributed by atoms with Crippen molar-refractivity contribution in [2.24, 2.45) is 0 Å². The Morgan fingerprint density at radius 3 is 2.74 bits per heavy atom. The van der Waals surface area contributed by atoms with Gasteiger partial charge in [0.1, 0.15) is 6.17 Å². The first-order valence-electron chi connectivity index (χ1n) is 5.63. The minimum absolute atomic E-state index is 0.0335. The molecule has 3 unspecified atom stereocenters. The fourth-order valence-electron chi connectivity index (χ4n) is 1.84. The lowest BCUT2D eigenvalue weighted by atomic mass is 10.2. The van der Waals surface area contributed by atoms with Crippen molar-refractivity contribution in [2.45, 2.75) is 31.8 Å². The summed E-state index contributed by atoms with van der Waals surface area (Å²) >= 11 is 4.64. The summed E-state index contributed by atoms with van der Waals surface area (Å²) in [7, 11) is 0. The topological polar surface area (TPSA) is 84.3 Å². The van der Waals surface area contributed by atoms with Crippen molar-refractivity contribution in [2.75, 3.05) is 13.0 Å². The molecule has 3 atom stereocenters. The van der Waals surface area contributed by atoms with Crippen molar-refractivity contribution >= 4 is 11.6 Å². The summed E-state index contributed by atoms with van der Waals surface area (Å²) in [5.41, 5.74) is -0.918. The van der Waals surface area contributed by atoms with E-state index in [0.717, 1.165) is 4.57 Å². The van der Waals surface area contributed by atoms with E-state index in [2.05, 4.69) is 16.6 Å². The second-order valence-corrected chi connectivity index (χ2v) is 4.06. The zero-order valence-electron chi connectivity index (χ0n) is 10.6. The first kappa shape index (κ1) is 15.9. The molecule has 0 spiro atoms. The monoisotopic (exact) mass is 294 g/mol. The van der Waals surface area contributed by atoms with Crippen LogP contribution in [0.5, 0.6) is 0 Å². The number of aryl methyl sites for hydroxylation is 1. The molecule has 0 bridgehead atoms. The van der Waals surface area contributed by atoms with Crippen molar-refractivity contribution < 1.29 is 14.2 Å². The quantitative estimate of drug-likeness (QED) is 0.769. The Morgan fingerprint density at radius 1 is 1.58 bits per heavy atom. The maximum absolute atomic E-state index is 13.6. The van der Waals surface area contributed by atoms with E-state index in [9.17, 15) is 14.0 Å². The number of nitrogens with zero attached hydrogens (tertiary/aromatic N) is 1. The molecule has 0 aliphatic carbocycles. The van der Waals surface area contributed by atoms with Gasteiger partial charge in [-0.2, -0.15) is 0 Å². The summed E-state index contributed by atoms with van der Waals surface area (Å²) < 4.78 is 19.8. The number of rotatable bonds is 2. The molecule has 1 saturated heterocycles. The van der Waals surface area contributed by atoms with Crippen LogP contribution >= 0.6 is 11.6 Å². The van der Waals surface area contributed by atoms with Gasteiger partial charge in [-0.25, -0.2) is 9.18 Å². The highest BCUT2D eigenvalue weighted by Crippen LogP contribution is 2.29. The number of aromatic amines is 1. The average Bonchev–Trinajstić information content (AvgIpc) is 2.77. The van der Waals surface area contributed by atoms with Gasteiger partial charge in [-0.3, -0.25) is 14.3 Å². The Labute approximate surface area is 113 Å². The zero-order chi connectivity index (χ0) is 14.6. The Hall–Kier alpha value is -1.18. The van der Waals surface area contributed by atoms with Crippen LogP contribution in [0.3, 0.4) is 0 Å². The molecule has 6 nitrogen and oxygen atoms in total. The Bertz CT molecular complexity index is 530. The molecule has 1 aromatic heterocycles. The van der Waals surface area contributed by atoms with Crippen LogP contribution in [0.2, 0.25) is 0 Å². The number of nitrogens with one attached hydrogen (secondary N) is 1. The lowest BCUT2D eigenvalue weighted by Crippen LogP contribution is -2.35. The van der Waals surface area contributed by atoms with Crippen LogP contribution in [-0.2, 0) is 4.74 Å². The fraction of sp³-hybridized carbons (Fsp3) is 0.636. The second-order valence-electron chi connectivity index (χ2n) is 4.06. The highest BCUT2D eigenvalue weighted by molar-refractivity contribution is 6.15. The Kier molecular flexibility index (Phi) is 5.71. The molecule has 0 saturated carbocycles. The van der Waals surface area contributed by atoms with Gasteiger partial charge in [-0.15, -0.1) is 11.6 Å². The standard InChI is InChI=1S/C10H13FN2O4.CH3Cl/c1-5-3-13(10(16)12-8(5)15)9-7(11)2-6(4-14)17-9;1-2/h3,6-7,9,14H,2,4H2,1H3,(H,12,15,16);1H3. The molecule has 108 valence electrons. The van der Waals surface area contributed by atoms with Gasteiger partial charge in [0.15, 0.2) is 6.23 Å². The minimum atomic E-state index is -1.38. The number of H-pyrrole nitrogens is 1. The van der Waals surface area contributed by atoms with E-state index in [1.807, 2.05) is 0 Å². The Balaban J connectivity index is 0.000000861. The third kappa shape index (κ3) is 3.43. The van der Waals surface area contributed by atoms with Crippen LogP contribution in [0, 0.1) is 6.92 Å². The molecule has 8 heteroatoms. The third-order valence-corrected chi connectivity index (χ3v) is 2.75. The lowest BCUT2D eigenvalue weighted by Gasteiger charge is -2.16. The summed E-state index contributed by atoms with van der Waals surface area (Å²) in [5, 5.41) is 8.88. The normalized spacial score (nSPS) is 25.8. The molecule has 2 heterocycles. The molecule has 1 fully saturated rings. The zero-order valence-corrected chi connectivity index (χ0v) is 11.4. The van der Waals surface area contributed by atoms with E-state index >= 15 is 0 Å². The average molecular weight is 295 g/mol. The molecule has 0 amide bonds. The van der Waals surface area contributed by atoms with Gasteiger partial charge in [-0.05, 0) is 6.92 Å². The van der Waals surface area contributed by atoms with E-state index in [4.69, 9.17) is 9.84 Å². The molecular formula is C11H16ClFN2O4. The predicted octanol–water partition coefficient (Wildman–Crippen LogP) is 0.318. The molecule has 19 heavy (non-hydrogen) atoms. The molecular weight excluding hydrogens is 279 g/mol. The number of alkyl halides is 2. The number of aromatic nitrogens is 2. The molecule has 1 aromatic rings. The van der Waals surface area contributed by atoms with Crippen molar-refractivity contribution in [1.29, 1.82) is 0 Å². The molecule has 2 rings (SSSR count). The van der Waals surface area contributed by atoms with E-state index < -0.39 is 29.8 Å². The van der Waals surface area contributed by atoms with E-state index in [0.29, 0.717) is 5.56 Å². The van der Waals surface area contributed by atoms with Crippen LogP contribution in [0.15, 0.2) is 15.8 Å². The maximum atomic E-state index is 13.6. The third-order valence-electron chi connectivity index (χ3n) is 2.75. The first-order valence-corrected chi connectivity index (χ1v) is 6.38. The summed E-state index contributed by atoms with van der Waals surface area (Å²) in [5.74, 6) is 0. The van der Waals surface area contributed by atoms with Crippen molar-refractivity contribution in [1.82, 2.24) is 9.55 Å². The number of hydrogen-bond acceptors (Lipinski definition) is 4. The van der Waals surface area contributed by atoms with Gasteiger partial charge in [0.25, 0.3) is 5.56 Å².